The minimum absolute atomic E-state index is 0.193. The van der Waals surface area contributed by atoms with Gasteiger partial charge in [-0.15, -0.1) is 21.5 Å². The molecular weight excluding hydrogens is 464 g/mol. The Balaban J connectivity index is 1.48. The maximum absolute atomic E-state index is 13.4. The summed E-state index contributed by atoms with van der Waals surface area (Å²) in [5.74, 6) is 2.65. The van der Waals surface area contributed by atoms with Crippen LogP contribution in [0.5, 0.6) is 5.88 Å². The SMILES string of the molecule is COCc1nc(OC)c2c(C)c(C(=O)Nc3cc(-c4nnc5n4CCCCC5)ccc3C)sc2n1. The van der Waals surface area contributed by atoms with Crippen LogP contribution in [0, 0.1) is 13.8 Å². The predicted octanol–water partition coefficient (Wildman–Crippen LogP) is 4.70. The summed E-state index contributed by atoms with van der Waals surface area (Å²) < 4.78 is 12.9. The molecule has 0 saturated heterocycles. The van der Waals surface area contributed by atoms with Crippen LogP contribution in [0.2, 0.25) is 0 Å². The lowest BCUT2D eigenvalue weighted by Crippen LogP contribution is -2.12. The number of rotatable bonds is 6. The van der Waals surface area contributed by atoms with Crippen LogP contribution < -0.4 is 10.1 Å². The molecule has 0 fully saturated rings. The van der Waals surface area contributed by atoms with E-state index < -0.39 is 0 Å². The van der Waals surface area contributed by atoms with E-state index in [1.54, 1.807) is 14.2 Å². The number of anilines is 1. The van der Waals surface area contributed by atoms with E-state index in [9.17, 15) is 4.79 Å². The van der Waals surface area contributed by atoms with Crippen LogP contribution in [-0.4, -0.2) is 44.9 Å². The van der Waals surface area contributed by atoms with Gasteiger partial charge in [0.15, 0.2) is 11.6 Å². The molecule has 5 rings (SSSR count). The van der Waals surface area contributed by atoms with E-state index in [1.165, 1.54) is 17.8 Å². The van der Waals surface area contributed by atoms with E-state index >= 15 is 0 Å². The molecule has 1 aromatic carbocycles. The zero-order valence-electron chi connectivity index (χ0n) is 20.3. The van der Waals surface area contributed by atoms with Crippen LogP contribution in [-0.2, 0) is 24.3 Å². The van der Waals surface area contributed by atoms with Crippen molar-refractivity contribution in [2.75, 3.05) is 19.5 Å². The standard InChI is InChI=1S/C25H28N6O3S/c1-14-9-10-16(22-30-29-19-8-6-5-7-11-31(19)22)12-17(14)26-23(32)21-15(2)20-24(34-4)27-18(13-33-3)28-25(20)35-21/h9-10,12H,5-8,11,13H2,1-4H3,(H,26,32). The number of carbonyl (C=O) groups excluding carboxylic acids is 1. The van der Waals surface area contributed by atoms with Crippen LogP contribution in [0.1, 0.15) is 51.7 Å². The van der Waals surface area contributed by atoms with Gasteiger partial charge in [-0.1, -0.05) is 18.6 Å². The smallest absolute Gasteiger partial charge is 0.266 e. The van der Waals surface area contributed by atoms with Gasteiger partial charge in [-0.3, -0.25) is 4.79 Å². The van der Waals surface area contributed by atoms with E-state index in [0.29, 0.717) is 21.4 Å². The number of aromatic nitrogens is 5. The number of fused-ring (bicyclic) bond motifs is 2. The van der Waals surface area contributed by atoms with Gasteiger partial charge in [0.05, 0.1) is 17.4 Å². The fraction of sp³-hybridized carbons (Fsp3) is 0.400. The van der Waals surface area contributed by atoms with Crippen LogP contribution in [0.15, 0.2) is 18.2 Å². The molecule has 0 saturated carbocycles. The van der Waals surface area contributed by atoms with Crippen molar-refractivity contribution in [1.29, 1.82) is 0 Å². The Bertz CT molecular complexity index is 1410. The third-order valence-electron chi connectivity index (χ3n) is 6.33. The summed E-state index contributed by atoms with van der Waals surface area (Å²) in [5.41, 5.74) is 3.45. The van der Waals surface area contributed by atoms with E-state index in [4.69, 9.17) is 9.47 Å². The van der Waals surface area contributed by atoms with Crippen molar-refractivity contribution in [3.63, 3.8) is 0 Å². The van der Waals surface area contributed by atoms with Gasteiger partial charge in [0, 0.05) is 31.3 Å². The lowest BCUT2D eigenvalue weighted by Gasteiger charge is -2.12. The summed E-state index contributed by atoms with van der Waals surface area (Å²) in [6.45, 7) is 5.06. The number of nitrogens with one attached hydrogen (secondary N) is 1. The maximum atomic E-state index is 13.4. The molecule has 1 aliphatic heterocycles. The highest BCUT2D eigenvalue weighted by Gasteiger charge is 2.22. The molecule has 35 heavy (non-hydrogen) atoms. The zero-order valence-corrected chi connectivity index (χ0v) is 21.2. The van der Waals surface area contributed by atoms with Crippen LogP contribution in [0.4, 0.5) is 5.69 Å². The minimum Gasteiger partial charge on any atom is -0.480 e. The van der Waals surface area contributed by atoms with Crippen molar-refractivity contribution in [3.8, 4) is 17.3 Å². The molecule has 9 nitrogen and oxygen atoms in total. The highest BCUT2D eigenvalue weighted by Crippen LogP contribution is 2.36. The number of carbonyl (C=O) groups is 1. The monoisotopic (exact) mass is 492 g/mol. The fourth-order valence-electron chi connectivity index (χ4n) is 4.48. The normalized spacial score (nSPS) is 13.5. The minimum atomic E-state index is -0.193. The molecule has 4 heterocycles. The number of methoxy groups -OCH3 is 2. The summed E-state index contributed by atoms with van der Waals surface area (Å²) in [6.07, 6.45) is 4.42. The second-order valence-corrected chi connectivity index (χ2v) is 9.70. The highest BCUT2D eigenvalue weighted by atomic mass is 32.1. The summed E-state index contributed by atoms with van der Waals surface area (Å²) in [7, 11) is 3.15. The van der Waals surface area contributed by atoms with Crippen LogP contribution in [0.3, 0.4) is 0 Å². The molecule has 0 aliphatic carbocycles. The number of ether oxygens (including phenoxy) is 2. The number of hydrogen-bond acceptors (Lipinski definition) is 8. The lowest BCUT2D eigenvalue weighted by atomic mass is 10.1. The van der Waals surface area contributed by atoms with Crippen molar-refractivity contribution in [2.24, 2.45) is 0 Å². The summed E-state index contributed by atoms with van der Waals surface area (Å²) in [5, 5.41) is 12.7. The molecule has 182 valence electrons. The largest absolute Gasteiger partial charge is 0.480 e. The number of hydrogen-bond donors (Lipinski definition) is 1. The first-order chi connectivity index (χ1) is 17.0. The molecule has 0 atom stereocenters. The molecule has 0 bridgehead atoms. The molecule has 3 aromatic heterocycles. The number of amides is 1. The first kappa shape index (κ1) is 23.4. The quantitative estimate of drug-likeness (QED) is 0.416. The van der Waals surface area contributed by atoms with Crippen molar-refractivity contribution in [1.82, 2.24) is 24.7 Å². The average Bonchev–Trinajstić information content (AvgIpc) is 3.32. The van der Waals surface area contributed by atoms with Gasteiger partial charge in [-0.25, -0.2) is 4.98 Å². The van der Waals surface area contributed by atoms with Gasteiger partial charge in [0.1, 0.15) is 17.3 Å². The van der Waals surface area contributed by atoms with E-state index in [0.717, 1.165) is 65.2 Å². The Labute approximate surface area is 207 Å². The van der Waals surface area contributed by atoms with E-state index in [2.05, 4.69) is 30.0 Å². The molecule has 1 amide bonds. The van der Waals surface area contributed by atoms with Crippen molar-refractivity contribution in [3.05, 3.63) is 45.9 Å². The van der Waals surface area contributed by atoms with Gasteiger partial charge in [0.25, 0.3) is 5.91 Å². The Hall–Kier alpha value is -3.37. The van der Waals surface area contributed by atoms with Crippen molar-refractivity contribution in [2.45, 2.75) is 52.7 Å². The van der Waals surface area contributed by atoms with Gasteiger partial charge < -0.3 is 19.4 Å². The Morgan fingerprint density at radius 1 is 1.14 bits per heavy atom. The van der Waals surface area contributed by atoms with Gasteiger partial charge in [-0.2, -0.15) is 4.98 Å². The molecule has 1 aliphatic rings. The van der Waals surface area contributed by atoms with Crippen molar-refractivity contribution >= 4 is 33.1 Å². The van der Waals surface area contributed by atoms with Gasteiger partial charge in [0.2, 0.25) is 5.88 Å². The predicted molar refractivity (Wildman–Crippen MR) is 135 cm³/mol. The number of aryl methyl sites for hydroxylation is 3. The summed E-state index contributed by atoms with van der Waals surface area (Å²) >= 11 is 1.32. The first-order valence-corrected chi connectivity index (χ1v) is 12.5. The molecule has 0 radical (unpaired) electrons. The van der Waals surface area contributed by atoms with E-state index in [1.807, 2.05) is 32.0 Å². The molecule has 4 aromatic rings. The second-order valence-electron chi connectivity index (χ2n) is 8.70. The Kier molecular flexibility index (Phi) is 6.48. The lowest BCUT2D eigenvalue weighted by molar-refractivity contribution is 0.103. The van der Waals surface area contributed by atoms with Crippen molar-refractivity contribution < 1.29 is 14.3 Å². The number of benzene rings is 1. The molecular formula is C25H28N6O3S. The fourth-order valence-corrected chi connectivity index (χ4v) is 5.56. The maximum Gasteiger partial charge on any atom is 0.266 e. The number of thiophene rings is 1. The Morgan fingerprint density at radius 2 is 2.00 bits per heavy atom. The summed E-state index contributed by atoms with van der Waals surface area (Å²) in [6, 6.07) is 6.03. The van der Waals surface area contributed by atoms with Crippen LogP contribution >= 0.6 is 11.3 Å². The number of nitrogens with zero attached hydrogens (tertiary/aromatic N) is 5. The highest BCUT2D eigenvalue weighted by molar-refractivity contribution is 7.20. The zero-order chi connectivity index (χ0) is 24.5. The average molecular weight is 493 g/mol. The Morgan fingerprint density at radius 3 is 2.80 bits per heavy atom. The molecule has 10 heteroatoms. The topological polar surface area (TPSA) is 104 Å². The third-order valence-corrected chi connectivity index (χ3v) is 7.51. The first-order valence-electron chi connectivity index (χ1n) is 11.7. The van der Waals surface area contributed by atoms with Crippen LogP contribution in [0.25, 0.3) is 21.6 Å². The van der Waals surface area contributed by atoms with E-state index in [-0.39, 0.29) is 12.5 Å². The van der Waals surface area contributed by atoms with Gasteiger partial charge in [-0.05, 0) is 43.9 Å². The van der Waals surface area contributed by atoms with Gasteiger partial charge >= 0.3 is 0 Å². The second kappa shape index (κ2) is 9.71. The molecule has 0 spiro atoms. The molecule has 1 N–H and O–H groups in total. The summed E-state index contributed by atoms with van der Waals surface area (Å²) in [4.78, 5) is 23.7. The third kappa shape index (κ3) is 4.39. The molecule has 0 unspecified atom stereocenters.